The highest BCUT2D eigenvalue weighted by atomic mass is 16.3. The van der Waals surface area contributed by atoms with Gasteiger partial charge in [0.15, 0.2) is 0 Å². The van der Waals surface area contributed by atoms with E-state index in [1.54, 1.807) is 0 Å². The van der Waals surface area contributed by atoms with Crippen molar-refractivity contribution in [3.8, 4) is 0 Å². The zero-order valence-corrected chi connectivity index (χ0v) is 12.3. The van der Waals surface area contributed by atoms with Crippen LogP contribution >= 0.6 is 0 Å². The number of nitrogens with one attached hydrogen (secondary N) is 1. The van der Waals surface area contributed by atoms with Crippen LogP contribution in [0.25, 0.3) is 0 Å². The summed E-state index contributed by atoms with van der Waals surface area (Å²) in [5, 5.41) is 12.2. The van der Waals surface area contributed by atoms with E-state index in [2.05, 4.69) is 29.3 Å². The summed E-state index contributed by atoms with van der Waals surface area (Å²) >= 11 is 0. The lowest BCUT2D eigenvalue weighted by Gasteiger charge is -2.19. The smallest absolute Gasteiger partial charge is 0.234 e. The third kappa shape index (κ3) is 3.81. The fourth-order valence-corrected chi connectivity index (χ4v) is 2.85. The van der Waals surface area contributed by atoms with Gasteiger partial charge >= 0.3 is 0 Å². The summed E-state index contributed by atoms with van der Waals surface area (Å²) in [6.07, 6.45) is 0.983. The summed E-state index contributed by atoms with van der Waals surface area (Å²) in [4.78, 5) is 14.2. The normalized spacial score (nSPS) is 20.9. The molecule has 4 nitrogen and oxygen atoms in total. The molecule has 1 aromatic carbocycles. The van der Waals surface area contributed by atoms with Crippen LogP contribution in [0.2, 0.25) is 0 Å². The molecule has 1 saturated heterocycles. The number of aliphatic hydroxyl groups is 1. The van der Waals surface area contributed by atoms with Gasteiger partial charge in [-0.2, -0.15) is 0 Å². The Labute approximate surface area is 120 Å². The Bertz CT molecular complexity index is 462. The van der Waals surface area contributed by atoms with Gasteiger partial charge in [-0.3, -0.25) is 9.69 Å². The molecular weight excluding hydrogens is 252 g/mol. The predicted molar refractivity (Wildman–Crippen MR) is 79.4 cm³/mol. The molecule has 2 rings (SSSR count). The molecule has 2 atom stereocenters. The molecule has 0 spiro atoms. The first kappa shape index (κ1) is 15.0. The zero-order chi connectivity index (χ0) is 14.5. The summed E-state index contributed by atoms with van der Waals surface area (Å²) in [7, 11) is 0. The highest BCUT2D eigenvalue weighted by molar-refractivity contribution is 5.78. The number of carbonyl (C=O) groups is 1. The molecule has 0 aromatic heterocycles. The van der Waals surface area contributed by atoms with Crippen LogP contribution in [0.3, 0.4) is 0 Å². The van der Waals surface area contributed by atoms with Crippen molar-refractivity contribution in [1.82, 2.24) is 10.2 Å². The molecular formula is C16H24N2O2. The molecule has 2 unspecified atom stereocenters. The first-order valence-corrected chi connectivity index (χ1v) is 7.28. The largest absolute Gasteiger partial charge is 0.396 e. The number of aliphatic hydroxyl groups excluding tert-OH is 1. The van der Waals surface area contributed by atoms with Crippen molar-refractivity contribution in [1.29, 1.82) is 0 Å². The lowest BCUT2D eigenvalue weighted by Crippen LogP contribution is -2.37. The third-order valence-corrected chi connectivity index (χ3v) is 4.03. The van der Waals surface area contributed by atoms with E-state index in [0.29, 0.717) is 12.5 Å². The van der Waals surface area contributed by atoms with Gasteiger partial charge in [-0.25, -0.2) is 0 Å². The average molecular weight is 276 g/mol. The zero-order valence-electron chi connectivity index (χ0n) is 12.3. The standard InChI is InChI=1S/C16H24N2O2/c1-12-5-3-4-6-15(12)13(2)17-16(20)10-18-8-7-14(9-18)11-19/h3-6,13-14,19H,7-11H2,1-2H3,(H,17,20). The van der Waals surface area contributed by atoms with E-state index in [1.807, 2.05) is 19.1 Å². The van der Waals surface area contributed by atoms with Crippen molar-refractivity contribution in [2.24, 2.45) is 5.92 Å². The van der Waals surface area contributed by atoms with E-state index >= 15 is 0 Å². The fraction of sp³-hybridized carbons (Fsp3) is 0.562. The van der Waals surface area contributed by atoms with Gasteiger partial charge in [0.25, 0.3) is 0 Å². The minimum atomic E-state index is 0.0277. The molecule has 0 saturated carbocycles. The van der Waals surface area contributed by atoms with Gasteiger partial charge < -0.3 is 10.4 Å². The minimum Gasteiger partial charge on any atom is -0.396 e. The van der Waals surface area contributed by atoms with Gasteiger partial charge in [0.1, 0.15) is 0 Å². The number of hydrogen-bond donors (Lipinski definition) is 2. The maximum atomic E-state index is 12.1. The van der Waals surface area contributed by atoms with Gasteiger partial charge in [-0.15, -0.1) is 0 Å². The van der Waals surface area contributed by atoms with Gasteiger partial charge in [0.2, 0.25) is 5.91 Å². The Morgan fingerprint density at radius 2 is 2.25 bits per heavy atom. The van der Waals surface area contributed by atoms with E-state index in [9.17, 15) is 4.79 Å². The van der Waals surface area contributed by atoms with Crippen molar-refractivity contribution in [3.63, 3.8) is 0 Å². The Morgan fingerprint density at radius 1 is 1.50 bits per heavy atom. The number of carbonyl (C=O) groups excluding carboxylic acids is 1. The summed E-state index contributed by atoms with van der Waals surface area (Å²) < 4.78 is 0. The van der Waals surface area contributed by atoms with Gasteiger partial charge in [-0.1, -0.05) is 24.3 Å². The quantitative estimate of drug-likeness (QED) is 0.856. The summed E-state index contributed by atoms with van der Waals surface area (Å²) in [5.74, 6) is 0.385. The van der Waals surface area contributed by atoms with Crippen LogP contribution in [-0.2, 0) is 4.79 Å². The van der Waals surface area contributed by atoms with E-state index in [0.717, 1.165) is 25.1 Å². The molecule has 1 heterocycles. The third-order valence-electron chi connectivity index (χ3n) is 4.03. The Hall–Kier alpha value is -1.39. The van der Waals surface area contributed by atoms with Gasteiger partial charge in [0.05, 0.1) is 12.6 Å². The molecule has 1 aromatic rings. The van der Waals surface area contributed by atoms with E-state index in [4.69, 9.17) is 5.11 Å². The highest BCUT2D eigenvalue weighted by Crippen LogP contribution is 2.17. The van der Waals surface area contributed by atoms with Crippen LogP contribution in [-0.4, -0.2) is 42.2 Å². The van der Waals surface area contributed by atoms with Crippen LogP contribution in [0.4, 0.5) is 0 Å². The van der Waals surface area contributed by atoms with Crippen LogP contribution < -0.4 is 5.32 Å². The predicted octanol–water partition coefficient (Wildman–Crippen LogP) is 1.49. The number of amides is 1. The number of likely N-dealkylation sites (tertiary alicyclic amines) is 1. The maximum Gasteiger partial charge on any atom is 0.234 e. The molecule has 1 aliphatic rings. The van der Waals surface area contributed by atoms with Crippen molar-refractivity contribution >= 4 is 5.91 Å². The Morgan fingerprint density at radius 3 is 2.90 bits per heavy atom. The second-order valence-electron chi connectivity index (χ2n) is 5.72. The van der Waals surface area contributed by atoms with Crippen LogP contribution in [0.15, 0.2) is 24.3 Å². The molecule has 1 aliphatic heterocycles. The highest BCUT2D eigenvalue weighted by Gasteiger charge is 2.23. The number of benzene rings is 1. The van der Waals surface area contributed by atoms with Crippen molar-refractivity contribution < 1.29 is 9.90 Å². The summed E-state index contributed by atoms with van der Waals surface area (Å²) in [5.41, 5.74) is 2.36. The first-order chi connectivity index (χ1) is 9.60. The molecule has 1 fully saturated rings. The lowest BCUT2D eigenvalue weighted by atomic mass is 10.0. The monoisotopic (exact) mass is 276 g/mol. The SMILES string of the molecule is Cc1ccccc1C(C)NC(=O)CN1CCC(CO)C1. The first-order valence-electron chi connectivity index (χ1n) is 7.28. The minimum absolute atomic E-state index is 0.0277. The Balaban J connectivity index is 1.84. The summed E-state index contributed by atoms with van der Waals surface area (Å²) in [6, 6.07) is 8.14. The van der Waals surface area contributed by atoms with Gasteiger partial charge in [-0.05, 0) is 43.9 Å². The number of hydrogen-bond acceptors (Lipinski definition) is 3. The number of aryl methyl sites for hydroxylation is 1. The van der Waals surface area contributed by atoms with Crippen molar-refractivity contribution in [2.75, 3.05) is 26.2 Å². The summed E-state index contributed by atoms with van der Waals surface area (Å²) in [6.45, 7) is 6.44. The Kier molecular flexibility index (Phi) is 5.15. The topological polar surface area (TPSA) is 52.6 Å². The number of rotatable bonds is 5. The number of nitrogens with zero attached hydrogens (tertiary/aromatic N) is 1. The average Bonchev–Trinajstić information content (AvgIpc) is 2.86. The molecule has 0 aliphatic carbocycles. The second-order valence-corrected chi connectivity index (χ2v) is 5.72. The van der Waals surface area contributed by atoms with E-state index < -0.39 is 0 Å². The van der Waals surface area contributed by atoms with E-state index in [-0.39, 0.29) is 18.6 Å². The second kappa shape index (κ2) is 6.86. The molecule has 20 heavy (non-hydrogen) atoms. The van der Waals surface area contributed by atoms with E-state index in [1.165, 1.54) is 5.56 Å². The molecule has 0 bridgehead atoms. The van der Waals surface area contributed by atoms with Crippen LogP contribution in [0, 0.1) is 12.8 Å². The lowest BCUT2D eigenvalue weighted by molar-refractivity contribution is -0.122. The molecule has 0 radical (unpaired) electrons. The fourth-order valence-electron chi connectivity index (χ4n) is 2.85. The molecule has 110 valence electrons. The molecule has 1 amide bonds. The van der Waals surface area contributed by atoms with Crippen molar-refractivity contribution in [2.45, 2.75) is 26.3 Å². The molecule has 4 heteroatoms. The van der Waals surface area contributed by atoms with Crippen LogP contribution in [0.5, 0.6) is 0 Å². The van der Waals surface area contributed by atoms with Crippen molar-refractivity contribution in [3.05, 3.63) is 35.4 Å². The maximum absolute atomic E-state index is 12.1. The van der Waals surface area contributed by atoms with Crippen LogP contribution in [0.1, 0.15) is 30.5 Å². The van der Waals surface area contributed by atoms with Gasteiger partial charge in [0, 0.05) is 13.2 Å². The molecule has 2 N–H and O–H groups in total.